The van der Waals surface area contributed by atoms with Crippen LogP contribution in [0.2, 0.25) is 0 Å². The first kappa shape index (κ1) is 47.6. The summed E-state index contributed by atoms with van der Waals surface area (Å²) in [5.74, 6) is -0.209. The van der Waals surface area contributed by atoms with Crippen LogP contribution in [0.25, 0.3) is 22.4 Å². The van der Waals surface area contributed by atoms with Crippen LogP contribution in [0.3, 0.4) is 0 Å². The standard InChI is InChI=1S/C26H27NO5.C25H26N2O5/c1-16-23(9-8-20(24(16)29)22(28)13-26(2,3)4)32-15-17-6-5-7-18(12-17)21-14-27-11-10-19(21)25(30)31;1-16-22(9-8-19(24(16)30)21(29)11-25(2,3)4)31-14-17-6-5-7-18(10-17)20-12-27-23(13-26-20)32-15-28/h5-12,14,29H,13,15H2,1-4H3,(H,30,31);5-10,12-13,15,30H,11,14H2,1-4H3. The zero-order valence-corrected chi connectivity index (χ0v) is 37.3. The third-order valence-corrected chi connectivity index (χ3v) is 9.84. The number of ether oxygens (including phenoxy) is 3. The summed E-state index contributed by atoms with van der Waals surface area (Å²) in [5.41, 5.74) is 5.90. The number of aromatic carboxylic acids is 1. The number of carboxylic acids is 1. The summed E-state index contributed by atoms with van der Waals surface area (Å²) in [7, 11) is 0. The topological polar surface area (TPSA) is 195 Å². The molecule has 0 atom stereocenters. The monoisotopic (exact) mass is 867 g/mol. The molecule has 0 spiro atoms. The minimum Gasteiger partial charge on any atom is -0.507 e. The van der Waals surface area contributed by atoms with Gasteiger partial charge in [-0.15, -0.1) is 0 Å². The fraction of sp³-hybridized carbons (Fsp3) is 0.275. The Kier molecular flexibility index (Phi) is 15.4. The predicted molar refractivity (Wildman–Crippen MR) is 242 cm³/mol. The number of Topliss-reactive ketones (excluding diaryl/α,β-unsaturated/α-hetero) is 2. The number of phenols is 2. The minimum absolute atomic E-state index is 0.0431. The van der Waals surface area contributed by atoms with Crippen LogP contribution in [0.4, 0.5) is 0 Å². The number of carbonyl (C=O) groups excluding carboxylic acids is 3. The number of carbonyl (C=O) groups is 4. The molecule has 0 radical (unpaired) electrons. The molecule has 13 heteroatoms. The molecular weight excluding hydrogens is 815 g/mol. The van der Waals surface area contributed by atoms with Gasteiger partial charge in [-0.2, -0.15) is 0 Å². The Morgan fingerprint density at radius 3 is 1.62 bits per heavy atom. The van der Waals surface area contributed by atoms with E-state index < -0.39 is 5.97 Å². The molecule has 6 rings (SSSR count). The SMILES string of the molecule is Cc1c(OCc2cccc(-c3cnc(OC=O)cn3)c2)ccc(C(=O)CC(C)(C)C)c1O.Cc1c(OCc2cccc(-c3cnccc3C(=O)O)c2)ccc(C(=O)CC(C)(C)C)c1O. The molecule has 0 aliphatic rings. The van der Waals surface area contributed by atoms with Gasteiger partial charge in [-0.25, -0.2) is 14.8 Å². The van der Waals surface area contributed by atoms with Crippen molar-refractivity contribution < 1.29 is 48.7 Å². The summed E-state index contributed by atoms with van der Waals surface area (Å²) >= 11 is 0. The molecule has 0 fully saturated rings. The Balaban J connectivity index is 0.000000241. The van der Waals surface area contributed by atoms with Gasteiger partial charge in [0.25, 0.3) is 6.47 Å². The van der Waals surface area contributed by atoms with Crippen LogP contribution in [-0.2, 0) is 18.0 Å². The van der Waals surface area contributed by atoms with Crippen LogP contribution in [0, 0.1) is 24.7 Å². The molecular formula is C51H53N3O10. The van der Waals surface area contributed by atoms with Crippen molar-refractivity contribution in [2.24, 2.45) is 10.8 Å². The van der Waals surface area contributed by atoms with Gasteiger partial charge < -0.3 is 29.5 Å². The van der Waals surface area contributed by atoms with E-state index in [1.165, 1.54) is 30.9 Å². The van der Waals surface area contributed by atoms with Gasteiger partial charge in [0.1, 0.15) is 36.2 Å². The average Bonchev–Trinajstić information content (AvgIpc) is 3.24. The molecule has 0 amide bonds. The van der Waals surface area contributed by atoms with Crippen molar-refractivity contribution in [1.29, 1.82) is 0 Å². The third kappa shape index (κ3) is 12.8. The Labute approximate surface area is 372 Å². The molecule has 0 aliphatic heterocycles. The Bertz CT molecular complexity index is 2640. The number of carboxylic acid groups (broad SMARTS) is 1. The lowest BCUT2D eigenvalue weighted by molar-refractivity contribution is -0.121. The van der Waals surface area contributed by atoms with Gasteiger partial charge >= 0.3 is 5.97 Å². The van der Waals surface area contributed by atoms with Crippen LogP contribution < -0.4 is 14.2 Å². The second-order valence-electron chi connectivity index (χ2n) is 17.6. The minimum atomic E-state index is -1.02. The average molecular weight is 868 g/mol. The first-order valence-corrected chi connectivity index (χ1v) is 20.5. The number of hydrogen-bond acceptors (Lipinski definition) is 12. The number of aromatic hydroxyl groups is 2. The fourth-order valence-corrected chi connectivity index (χ4v) is 6.64. The van der Waals surface area contributed by atoms with Crippen molar-refractivity contribution in [3.05, 3.63) is 143 Å². The molecule has 64 heavy (non-hydrogen) atoms. The van der Waals surface area contributed by atoms with Crippen molar-refractivity contribution in [1.82, 2.24) is 15.0 Å². The first-order valence-electron chi connectivity index (χ1n) is 20.5. The summed E-state index contributed by atoms with van der Waals surface area (Å²) in [6.07, 6.45) is 6.55. The van der Waals surface area contributed by atoms with Crippen LogP contribution >= 0.6 is 0 Å². The number of phenolic OH excluding ortho intramolecular Hbond substituents is 2. The van der Waals surface area contributed by atoms with Crippen LogP contribution in [0.15, 0.2) is 104 Å². The summed E-state index contributed by atoms with van der Waals surface area (Å²) in [5, 5.41) is 30.5. The molecule has 0 unspecified atom stereocenters. The quantitative estimate of drug-likeness (QED) is 0.0652. The highest BCUT2D eigenvalue weighted by atomic mass is 16.5. The molecule has 332 valence electrons. The van der Waals surface area contributed by atoms with E-state index in [9.17, 15) is 34.5 Å². The maximum atomic E-state index is 12.5. The molecule has 2 heterocycles. The molecule has 4 aromatic carbocycles. The van der Waals surface area contributed by atoms with E-state index in [1.807, 2.05) is 90.1 Å². The summed E-state index contributed by atoms with van der Waals surface area (Å²) in [4.78, 5) is 59.3. The van der Waals surface area contributed by atoms with Gasteiger partial charge in [-0.3, -0.25) is 19.4 Å². The van der Waals surface area contributed by atoms with Crippen LogP contribution in [0.1, 0.15) is 108 Å². The largest absolute Gasteiger partial charge is 0.507 e. The summed E-state index contributed by atoms with van der Waals surface area (Å²) in [6, 6.07) is 23.0. The van der Waals surface area contributed by atoms with E-state index in [0.29, 0.717) is 64.3 Å². The number of pyridine rings is 1. The van der Waals surface area contributed by atoms with Gasteiger partial charge in [0.2, 0.25) is 5.88 Å². The molecule has 0 saturated heterocycles. The van der Waals surface area contributed by atoms with Crippen molar-refractivity contribution >= 4 is 24.0 Å². The molecule has 3 N–H and O–H groups in total. The van der Waals surface area contributed by atoms with Gasteiger partial charge in [-0.1, -0.05) is 77.9 Å². The number of nitrogens with zero attached hydrogens (tertiary/aromatic N) is 3. The lowest BCUT2D eigenvalue weighted by Crippen LogP contribution is -2.13. The third-order valence-electron chi connectivity index (χ3n) is 9.84. The van der Waals surface area contributed by atoms with Gasteiger partial charge in [0.05, 0.1) is 34.8 Å². The highest BCUT2D eigenvalue weighted by Gasteiger charge is 2.23. The first-order chi connectivity index (χ1) is 30.2. The van der Waals surface area contributed by atoms with E-state index in [2.05, 4.69) is 19.7 Å². The number of ketones is 2. The number of rotatable bonds is 15. The van der Waals surface area contributed by atoms with Crippen molar-refractivity contribution in [3.63, 3.8) is 0 Å². The van der Waals surface area contributed by atoms with Crippen LogP contribution in [0.5, 0.6) is 28.9 Å². The Hall–Kier alpha value is -7.41. The van der Waals surface area contributed by atoms with Gasteiger partial charge in [-0.05, 0) is 83.8 Å². The second-order valence-corrected chi connectivity index (χ2v) is 17.6. The van der Waals surface area contributed by atoms with Gasteiger partial charge in [0, 0.05) is 47.5 Å². The van der Waals surface area contributed by atoms with Crippen molar-refractivity contribution in [2.75, 3.05) is 0 Å². The molecule has 2 aromatic heterocycles. The molecule has 0 aliphatic carbocycles. The Morgan fingerprint density at radius 1 is 0.641 bits per heavy atom. The predicted octanol–water partition coefficient (Wildman–Crippen LogP) is 10.5. The maximum absolute atomic E-state index is 12.5. The smallest absolute Gasteiger partial charge is 0.336 e. The van der Waals surface area contributed by atoms with Crippen molar-refractivity contribution in [2.45, 2.75) is 81.4 Å². The van der Waals surface area contributed by atoms with E-state index in [-0.39, 0.29) is 58.6 Å². The Morgan fingerprint density at radius 2 is 1.16 bits per heavy atom. The number of hydrogen-bond donors (Lipinski definition) is 3. The summed E-state index contributed by atoms with van der Waals surface area (Å²) in [6.45, 7) is 16.1. The van der Waals surface area contributed by atoms with E-state index in [4.69, 9.17) is 9.47 Å². The van der Waals surface area contributed by atoms with Crippen LogP contribution in [-0.4, -0.2) is 54.3 Å². The zero-order chi connectivity index (χ0) is 46.8. The molecule has 0 saturated carbocycles. The highest BCUT2D eigenvalue weighted by molar-refractivity contribution is 6.00. The lowest BCUT2D eigenvalue weighted by Gasteiger charge is -2.18. The number of benzene rings is 4. The molecule has 0 bridgehead atoms. The zero-order valence-electron chi connectivity index (χ0n) is 37.3. The van der Waals surface area contributed by atoms with E-state index in [1.54, 1.807) is 38.1 Å². The summed E-state index contributed by atoms with van der Waals surface area (Å²) < 4.78 is 16.5. The highest BCUT2D eigenvalue weighted by Crippen LogP contribution is 2.36. The molecule has 13 nitrogen and oxygen atoms in total. The normalized spacial score (nSPS) is 11.2. The van der Waals surface area contributed by atoms with E-state index in [0.717, 1.165) is 22.3 Å². The van der Waals surface area contributed by atoms with Crippen molar-refractivity contribution in [3.8, 4) is 51.3 Å². The van der Waals surface area contributed by atoms with E-state index >= 15 is 0 Å². The number of aromatic nitrogens is 3. The van der Waals surface area contributed by atoms with Gasteiger partial charge in [0.15, 0.2) is 11.6 Å². The molecule has 6 aromatic rings. The second kappa shape index (κ2) is 20.6. The maximum Gasteiger partial charge on any atom is 0.336 e. The lowest BCUT2D eigenvalue weighted by atomic mass is 9.87. The fourth-order valence-electron chi connectivity index (χ4n) is 6.64.